The van der Waals surface area contributed by atoms with Crippen molar-refractivity contribution in [2.24, 2.45) is 17.0 Å². The van der Waals surface area contributed by atoms with Crippen LogP contribution in [0, 0.1) is 28.6 Å². The van der Waals surface area contributed by atoms with Gasteiger partial charge >= 0.3 is 0 Å². The van der Waals surface area contributed by atoms with E-state index in [2.05, 4.69) is 40.7 Å². The maximum Gasteiger partial charge on any atom is 0.124 e. The minimum atomic E-state index is 0.0523. The van der Waals surface area contributed by atoms with Gasteiger partial charge in [0.25, 0.3) is 0 Å². The van der Waals surface area contributed by atoms with E-state index in [4.69, 9.17) is 16.3 Å². The number of pyridine rings is 1. The number of halogens is 1. The first kappa shape index (κ1) is 24.9. The lowest BCUT2D eigenvalue weighted by atomic mass is 9.92. The second kappa shape index (κ2) is 12.0. The second-order valence-corrected chi connectivity index (χ2v) is 9.79. The first-order chi connectivity index (χ1) is 17.0. The lowest BCUT2D eigenvalue weighted by Gasteiger charge is -2.34. The van der Waals surface area contributed by atoms with Gasteiger partial charge in [0.15, 0.2) is 0 Å². The summed E-state index contributed by atoms with van der Waals surface area (Å²) in [4.78, 5) is 17.9. The third-order valence-corrected chi connectivity index (χ3v) is 6.43. The molecular weight excluding hydrogens is 458 g/mol. The fraction of sp³-hybridized carbons (Fsp3) is 0.345. The molecule has 1 aliphatic heterocycles. The Kier molecular flexibility index (Phi) is 8.52. The Labute approximate surface area is 212 Å². The minimum absolute atomic E-state index is 0.0523. The van der Waals surface area contributed by atoms with Crippen molar-refractivity contribution in [3.8, 4) is 28.7 Å². The molecule has 5 nitrogen and oxygen atoms in total. The standard InChI is InChI=1S/C29H30ClN3O2/c1-21-15-22(2)20-33(19-21)13-14-35-29-12-4-23(16-26(29)18-32-34)3-10-28-11-7-25(17-31-28)24-5-8-27(30)9-6-24/h4-9,11-12,16-17,21-22H,13-15,18-20H2,1-2H3. The molecule has 2 atom stereocenters. The summed E-state index contributed by atoms with van der Waals surface area (Å²) in [5.41, 5.74) is 4.26. The molecule has 0 aliphatic carbocycles. The Morgan fingerprint density at radius 2 is 1.77 bits per heavy atom. The molecule has 1 aromatic heterocycles. The molecule has 2 unspecified atom stereocenters. The van der Waals surface area contributed by atoms with Crippen molar-refractivity contribution in [2.75, 3.05) is 26.2 Å². The molecule has 0 radical (unpaired) electrons. The zero-order valence-corrected chi connectivity index (χ0v) is 21.0. The van der Waals surface area contributed by atoms with Crippen LogP contribution in [-0.2, 0) is 6.54 Å². The fourth-order valence-corrected chi connectivity index (χ4v) is 4.79. The van der Waals surface area contributed by atoms with Gasteiger partial charge in [0, 0.05) is 47.5 Å². The largest absolute Gasteiger partial charge is 0.492 e. The van der Waals surface area contributed by atoms with Crippen LogP contribution in [0.15, 0.2) is 66.0 Å². The monoisotopic (exact) mass is 487 g/mol. The van der Waals surface area contributed by atoms with E-state index >= 15 is 0 Å². The van der Waals surface area contributed by atoms with E-state index in [9.17, 15) is 4.91 Å². The molecule has 2 heterocycles. The number of likely N-dealkylation sites (tertiary alicyclic amines) is 1. The van der Waals surface area contributed by atoms with Crippen molar-refractivity contribution in [1.29, 1.82) is 0 Å². The quantitative estimate of drug-likeness (QED) is 0.285. The van der Waals surface area contributed by atoms with E-state index < -0.39 is 0 Å². The van der Waals surface area contributed by atoms with Crippen molar-refractivity contribution in [3.63, 3.8) is 0 Å². The van der Waals surface area contributed by atoms with Gasteiger partial charge in [-0.15, -0.1) is 0 Å². The second-order valence-electron chi connectivity index (χ2n) is 9.35. The van der Waals surface area contributed by atoms with Crippen LogP contribution in [-0.4, -0.2) is 36.1 Å². The molecule has 0 spiro atoms. The molecule has 6 heteroatoms. The molecule has 0 N–H and O–H groups in total. The summed E-state index contributed by atoms with van der Waals surface area (Å²) in [6.07, 6.45) is 3.09. The normalized spacial score (nSPS) is 17.9. The molecule has 0 saturated carbocycles. The fourth-order valence-electron chi connectivity index (χ4n) is 4.67. The van der Waals surface area contributed by atoms with Crippen LogP contribution in [0.25, 0.3) is 11.1 Å². The highest BCUT2D eigenvalue weighted by molar-refractivity contribution is 6.30. The topological polar surface area (TPSA) is 54.8 Å². The third-order valence-electron chi connectivity index (χ3n) is 6.18. The highest BCUT2D eigenvalue weighted by atomic mass is 35.5. The Hall–Kier alpha value is -3.20. The summed E-state index contributed by atoms with van der Waals surface area (Å²) in [7, 11) is 0. The van der Waals surface area contributed by atoms with E-state index in [1.807, 2.05) is 54.6 Å². The average Bonchev–Trinajstić information content (AvgIpc) is 2.84. The van der Waals surface area contributed by atoms with Gasteiger partial charge in [0.2, 0.25) is 0 Å². The maximum atomic E-state index is 11.0. The first-order valence-corrected chi connectivity index (χ1v) is 12.4. The highest BCUT2D eigenvalue weighted by Gasteiger charge is 2.21. The number of nitroso groups, excluding NO2 is 1. The summed E-state index contributed by atoms with van der Waals surface area (Å²) in [5.74, 6) is 8.35. The molecule has 1 saturated heterocycles. The Bertz CT molecular complexity index is 1190. The number of aromatic nitrogens is 1. The molecule has 0 amide bonds. The van der Waals surface area contributed by atoms with Gasteiger partial charge in [-0.3, -0.25) is 4.90 Å². The number of benzene rings is 2. The average molecular weight is 488 g/mol. The number of rotatable bonds is 7. The molecule has 2 aromatic carbocycles. The van der Waals surface area contributed by atoms with E-state index in [0.717, 1.165) is 53.7 Å². The number of ether oxygens (including phenoxy) is 1. The van der Waals surface area contributed by atoms with E-state index in [1.54, 1.807) is 6.20 Å². The van der Waals surface area contributed by atoms with Gasteiger partial charge in [-0.25, -0.2) is 4.98 Å². The maximum absolute atomic E-state index is 11.0. The first-order valence-electron chi connectivity index (χ1n) is 12.0. The predicted octanol–water partition coefficient (Wildman–Crippen LogP) is 6.42. The molecule has 3 aromatic rings. The number of nitrogens with zero attached hydrogens (tertiary/aromatic N) is 3. The minimum Gasteiger partial charge on any atom is -0.492 e. The zero-order chi connectivity index (χ0) is 24.6. The SMILES string of the molecule is CC1CC(C)CN(CCOc2ccc(C#Cc3ccc(-c4ccc(Cl)cc4)cn3)cc2CN=O)C1. The van der Waals surface area contributed by atoms with Gasteiger partial charge in [-0.2, -0.15) is 4.91 Å². The summed E-state index contributed by atoms with van der Waals surface area (Å²) >= 11 is 5.96. The van der Waals surface area contributed by atoms with Crippen molar-refractivity contribution in [3.05, 3.63) is 87.5 Å². The van der Waals surface area contributed by atoms with Crippen LogP contribution in [0.5, 0.6) is 5.75 Å². The van der Waals surface area contributed by atoms with E-state index in [-0.39, 0.29) is 6.54 Å². The number of hydrogen-bond acceptors (Lipinski definition) is 5. The van der Waals surface area contributed by atoms with Crippen LogP contribution >= 0.6 is 11.6 Å². The van der Waals surface area contributed by atoms with Gasteiger partial charge < -0.3 is 4.74 Å². The Balaban J connectivity index is 1.39. The van der Waals surface area contributed by atoms with Crippen LogP contribution in [0.2, 0.25) is 5.02 Å². The van der Waals surface area contributed by atoms with Crippen molar-refractivity contribution >= 4 is 11.6 Å². The lowest BCUT2D eigenvalue weighted by molar-refractivity contribution is 0.120. The third kappa shape index (κ3) is 7.14. The lowest BCUT2D eigenvalue weighted by Crippen LogP contribution is -2.40. The summed E-state index contributed by atoms with van der Waals surface area (Å²) in [5, 5.41) is 3.78. The van der Waals surface area contributed by atoms with E-state index in [1.165, 1.54) is 6.42 Å². The smallest absolute Gasteiger partial charge is 0.124 e. The molecule has 1 aliphatic rings. The van der Waals surface area contributed by atoms with E-state index in [0.29, 0.717) is 23.1 Å². The summed E-state index contributed by atoms with van der Waals surface area (Å²) in [6.45, 7) is 8.35. The van der Waals surface area contributed by atoms with Gasteiger partial charge in [-0.1, -0.05) is 54.7 Å². The van der Waals surface area contributed by atoms with Gasteiger partial charge in [0.05, 0.1) is 0 Å². The van der Waals surface area contributed by atoms with Crippen LogP contribution in [0.3, 0.4) is 0 Å². The predicted molar refractivity (Wildman–Crippen MR) is 141 cm³/mol. The van der Waals surface area contributed by atoms with Crippen LogP contribution < -0.4 is 4.74 Å². The molecular formula is C29H30ClN3O2. The molecule has 1 fully saturated rings. The highest BCUT2D eigenvalue weighted by Crippen LogP contribution is 2.24. The van der Waals surface area contributed by atoms with Crippen LogP contribution in [0.4, 0.5) is 0 Å². The Morgan fingerprint density at radius 3 is 2.46 bits per heavy atom. The molecule has 35 heavy (non-hydrogen) atoms. The van der Waals surface area contributed by atoms with Crippen molar-refractivity contribution in [2.45, 2.75) is 26.8 Å². The zero-order valence-electron chi connectivity index (χ0n) is 20.2. The molecule has 4 rings (SSSR count). The number of hydrogen-bond donors (Lipinski definition) is 0. The summed E-state index contributed by atoms with van der Waals surface area (Å²) < 4.78 is 6.03. The van der Waals surface area contributed by atoms with Crippen LogP contribution in [0.1, 0.15) is 37.1 Å². The van der Waals surface area contributed by atoms with Gasteiger partial charge in [0.1, 0.15) is 24.6 Å². The van der Waals surface area contributed by atoms with Gasteiger partial charge in [-0.05, 0) is 66.1 Å². The van der Waals surface area contributed by atoms with Crippen molar-refractivity contribution in [1.82, 2.24) is 9.88 Å². The number of piperidine rings is 1. The molecule has 0 bridgehead atoms. The van der Waals surface area contributed by atoms with Crippen molar-refractivity contribution < 1.29 is 4.74 Å². The summed E-state index contributed by atoms with van der Waals surface area (Å²) in [6, 6.07) is 17.2. The Morgan fingerprint density at radius 1 is 1.03 bits per heavy atom. The molecule has 180 valence electrons.